The third-order valence-corrected chi connectivity index (χ3v) is 5.53. The lowest BCUT2D eigenvalue weighted by molar-refractivity contribution is -0.115. The van der Waals surface area contributed by atoms with Crippen LogP contribution in [0.5, 0.6) is 17.2 Å². The summed E-state index contributed by atoms with van der Waals surface area (Å²) in [6.07, 6.45) is 5.20. The second kappa shape index (κ2) is 10.2. The highest BCUT2D eigenvalue weighted by Gasteiger charge is 2.24. The van der Waals surface area contributed by atoms with Gasteiger partial charge in [-0.1, -0.05) is 25.5 Å². The summed E-state index contributed by atoms with van der Waals surface area (Å²) in [4.78, 5) is 17.5. The van der Waals surface area contributed by atoms with E-state index in [0.717, 1.165) is 17.7 Å². The molecule has 1 aliphatic rings. The van der Waals surface area contributed by atoms with Crippen LogP contribution < -0.4 is 19.5 Å². The van der Waals surface area contributed by atoms with E-state index >= 15 is 0 Å². The van der Waals surface area contributed by atoms with Crippen molar-refractivity contribution in [3.8, 4) is 17.2 Å². The maximum absolute atomic E-state index is 12.4. The number of aliphatic imine (C=N–C) groups is 1. The Hall–Kier alpha value is -2.93. The molecule has 1 aliphatic heterocycles. The normalized spacial score (nSPS) is 16.1. The molecule has 1 heterocycles. The van der Waals surface area contributed by atoms with Gasteiger partial charge >= 0.3 is 0 Å². The maximum atomic E-state index is 12.4. The molecule has 158 valence electrons. The van der Waals surface area contributed by atoms with E-state index in [0.29, 0.717) is 27.3 Å². The largest absolute Gasteiger partial charge is 0.493 e. The first kappa shape index (κ1) is 21.8. The van der Waals surface area contributed by atoms with Crippen LogP contribution in [0.4, 0.5) is 5.69 Å². The van der Waals surface area contributed by atoms with Crippen molar-refractivity contribution >= 4 is 34.6 Å². The predicted octanol–water partition coefficient (Wildman–Crippen LogP) is 4.95. The molecule has 0 radical (unpaired) electrons. The Morgan fingerprint density at radius 2 is 1.70 bits per heavy atom. The van der Waals surface area contributed by atoms with E-state index in [2.05, 4.69) is 29.4 Å². The Morgan fingerprint density at radius 1 is 1.03 bits per heavy atom. The van der Waals surface area contributed by atoms with Gasteiger partial charge in [0.1, 0.15) is 0 Å². The van der Waals surface area contributed by atoms with Gasteiger partial charge in [0.2, 0.25) is 5.75 Å². The minimum absolute atomic E-state index is 0.188. The Kier molecular flexibility index (Phi) is 7.41. The molecule has 0 atom stereocenters. The zero-order valence-corrected chi connectivity index (χ0v) is 18.5. The van der Waals surface area contributed by atoms with Crippen molar-refractivity contribution in [3.63, 3.8) is 0 Å². The van der Waals surface area contributed by atoms with Crippen LogP contribution in [0, 0.1) is 0 Å². The van der Waals surface area contributed by atoms with Gasteiger partial charge in [0.25, 0.3) is 5.91 Å². The molecule has 6 nitrogen and oxygen atoms in total. The van der Waals surface area contributed by atoms with Crippen LogP contribution in [0.3, 0.4) is 0 Å². The number of aryl methyl sites for hydroxylation is 1. The standard InChI is InChI=1S/C23H26N2O4S/c1-5-6-7-15-8-10-17(11-9-15)24-23-25-22(26)20(30-23)14-16-12-18(27-2)21(29-4)19(13-16)28-3/h8-14H,5-7H2,1-4H3,(H,24,25,26)/b20-14-. The molecule has 1 amide bonds. The van der Waals surface area contributed by atoms with Crippen LogP contribution in [0.25, 0.3) is 6.08 Å². The van der Waals surface area contributed by atoms with Crippen molar-refractivity contribution in [2.75, 3.05) is 21.3 Å². The van der Waals surface area contributed by atoms with E-state index in [4.69, 9.17) is 14.2 Å². The lowest BCUT2D eigenvalue weighted by Gasteiger charge is -2.12. The third-order valence-electron chi connectivity index (χ3n) is 4.62. The molecule has 2 aromatic carbocycles. The number of thioether (sulfide) groups is 1. The Balaban J connectivity index is 1.80. The van der Waals surface area contributed by atoms with Crippen LogP contribution in [0.15, 0.2) is 46.3 Å². The molecule has 0 spiro atoms. The third kappa shape index (κ3) is 5.16. The summed E-state index contributed by atoms with van der Waals surface area (Å²) in [5, 5.41) is 3.38. The second-order valence-electron chi connectivity index (χ2n) is 6.71. The fourth-order valence-corrected chi connectivity index (χ4v) is 3.89. The lowest BCUT2D eigenvalue weighted by Crippen LogP contribution is -2.19. The van der Waals surface area contributed by atoms with E-state index in [-0.39, 0.29) is 5.91 Å². The molecular formula is C23H26N2O4S. The molecule has 1 fully saturated rings. The fraction of sp³-hybridized carbons (Fsp3) is 0.304. The van der Waals surface area contributed by atoms with Gasteiger partial charge in [-0.15, -0.1) is 0 Å². The highest BCUT2D eigenvalue weighted by molar-refractivity contribution is 8.18. The van der Waals surface area contributed by atoms with Crippen molar-refractivity contribution < 1.29 is 19.0 Å². The zero-order valence-electron chi connectivity index (χ0n) is 17.7. The number of rotatable bonds is 8. The summed E-state index contributed by atoms with van der Waals surface area (Å²) in [6.45, 7) is 2.18. The van der Waals surface area contributed by atoms with E-state index in [1.807, 2.05) is 12.1 Å². The molecule has 7 heteroatoms. The van der Waals surface area contributed by atoms with Gasteiger partial charge < -0.3 is 19.5 Å². The Morgan fingerprint density at radius 3 is 2.27 bits per heavy atom. The second-order valence-corrected chi connectivity index (χ2v) is 7.74. The molecule has 1 saturated heterocycles. The average molecular weight is 427 g/mol. The van der Waals surface area contributed by atoms with Crippen LogP contribution in [0.1, 0.15) is 30.9 Å². The molecule has 0 aliphatic carbocycles. The van der Waals surface area contributed by atoms with Gasteiger partial charge in [-0.25, -0.2) is 4.99 Å². The summed E-state index contributed by atoms with van der Waals surface area (Å²) in [5.41, 5.74) is 2.88. The first-order chi connectivity index (χ1) is 14.6. The summed E-state index contributed by atoms with van der Waals surface area (Å²) in [7, 11) is 4.67. The summed E-state index contributed by atoms with van der Waals surface area (Å²) in [6, 6.07) is 11.7. The Labute approximate surface area is 181 Å². The monoisotopic (exact) mass is 426 g/mol. The highest BCUT2D eigenvalue weighted by atomic mass is 32.2. The van der Waals surface area contributed by atoms with Crippen LogP contribution >= 0.6 is 11.8 Å². The topological polar surface area (TPSA) is 69.2 Å². The van der Waals surface area contributed by atoms with E-state index in [1.54, 1.807) is 39.5 Å². The molecule has 0 saturated carbocycles. The number of amides is 1. The van der Waals surface area contributed by atoms with E-state index < -0.39 is 0 Å². The highest BCUT2D eigenvalue weighted by Crippen LogP contribution is 2.39. The van der Waals surface area contributed by atoms with Crippen LogP contribution in [0.2, 0.25) is 0 Å². The van der Waals surface area contributed by atoms with Crippen LogP contribution in [-0.4, -0.2) is 32.4 Å². The van der Waals surface area contributed by atoms with Crippen molar-refractivity contribution in [1.82, 2.24) is 5.32 Å². The number of ether oxygens (including phenoxy) is 3. The van der Waals surface area contributed by atoms with Gasteiger partial charge in [-0.05, 0) is 66.1 Å². The quantitative estimate of drug-likeness (QED) is 0.605. The smallest absolute Gasteiger partial charge is 0.264 e. The Bertz CT molecular complexity index is 943. The molecule has 1 N–H and O–H groups in total. The molecule has 0 unspecified atom stereocenters. The summed E-state index contributed by atoms with van der Waals surface area (Å²) < 4.78 is 16.1. The van der Waals surface area contributed by atoms with Gasteiger partial charge in [-0.3, -0.25) is 4.79 Å². The number of nitrogens with zero attached hydrogens (tertiary/aromatic N) is 1. The molecule has 0 bridgehead atoms. The SMILES string of the molecule is CCCCc1ccc(N=C2NC(=O)/C(=C/c3cc(OC)c(OC)c(OC)c3)S2)cc1. The minimum Gasteiger partial charge on any atom is -0.493 e. The number of carbonyl (C=O) groups is 1. The van der Waals surface area contributed by atoms with Crippen molar-refractivity contribution in [3.05, 3.63) is 52.4 Å². The van der Waals surface area contributed by atoms with Crippen molar-refractivity contribution in [2.45, 2.75) is 26.2 Å². The number of unbranched alkanes of at least 4 members (excludes halogenated alkanes) is 1. The number of amidine groups is 1. The summed E-state index contributed by atoms with van der Waals surface area (Å²) >= 11 is 1.30. The van der Waals surface area contributed by atoms with Gasteiger partial charge in [0.15, 0.2) is 16.7 Å². The average Bonchev–Trinajstić information content (AvgIpc) is 3.10. The number of nitrogens with one attached hydrogen (secondary N) is 1. The van der Waals surface area contributed by atoms with Gasteiger partial charge in [0, 0.05) is 0 Å². The molecule has 3 rings (SSSR count). The van der Waals surface area contributed by atoms with E-state index in [9.17, 15) is 4.79 Å². The number of hydrogen-bond donors (Lipinski definition) is 1. The molecule has 30 heavy (non-hydrogen) atoms. The predicted molar refractivity (Wildman–Crippen MR) is 122 cm³/mol. The number of benzene rings is 2. The summed E-state index contributed by atoms with van der Waals surface area (Å²) in [5.74, 6) is 1.38. The number of methoxy groups -OCH3 is 3. The molecule has 0 aromatic heterocycles. The number of hydrogen-bond acceptors (Lipinski definition) is 6. The lowest BCUT2D eigenvalue weighted by atomic mass is 10.1. The zero-order chi connectivity index (χ0) is 21.5. The fourth-order valence-electron chi connectivity index (χ4n) is 3.05. The van der Waals surface area contributed by atoms with E-state index in [1.165, 1.54) is 30.2 Å². The van der Waals surface area contributed by atoms with Gasteiger partial charge in [0.05, 0.1) is 31.9 Å². The minimum atomic E-state index is -0.188. The van der Waals surface area contributed by atoms with Crippen molar-refractivity contribution in [1.29, 1.82) is 0 Å². The number of carbonyl (C=O) groups excluding carboxylic acids is 1. The molecule has 2 aromatic rings. The maximum Gasteiger partial charge on any atom is 0.264 e. The van der Waals surface area contributed by atoms with Crippen LogP contribution in [-0.2, 0) is 11.2 Å². The first-order valence-corrected chi connectivity index (χ1v) is 10.6. The van der Waals surface area contributed by atoms with Gasteiger partial charge in [-0.2, -0.15) is 0 Å². The molecular weight excluding hydrogens is 400 g/mol. The first-order valence-electron chi connectivity index (χ1n) is 9.76. The van der Waals surface area contributed by atoms with Crippen molar-refractivity contribution in [2.24, 2.45) is 4.99 Å².